The highest BCUT2D eigenvalue weighted by Crippen LogP contribution is 2.22. The van der Waals surface area contributed by atoms with E-state index in [0.717, 1.165) is 96.4 Å². The molecular formula is C50H97N3O7. The molecule has 0 aliphatic heterocycles. The number of carbonyl (C=O) groups excluding carboxylic acids is 4. The second-order valence-corrected chi connectivity index (χ2v) is 16.8. The molecule has 0 saturated heterocycles. The average Bonchev–Trinajstić information content (AvgIpc) is 3.23. The van der Waals surface area contributed by atoms with Gasteiger partial charge >= 0.3 is 17.9 Å². The summed E-state index contributed by atoms with van der Waals surface area (Å²) < 4.78 is 16.6. The van der Waals surface area contributed by atoms with Gasteiger partial charge < -0.3 is 30.6 Å². The maximum absolute atomic E-state index is 12.8. The molecule has 0 aromatic rings. The number of hydrogen-bond donors (Lipinski definition) is 3. The number of nitrogens with one attached hydrogen (secondary N) is 2. The zero-order valence-electron chi connectivity index (χ0n) is 40.0. The van der Waals surface area contributed by atoms with E-state index in [-0.39, 0.29) is 36.2 Å². The van der Waals surface area contributed by atoms with Crippen LogP contribution in [-0.2, 0) is 33.4 Å². The van der Waals surface area contributed by atoms with Gasteiger partial charge in [-0.05, 0) is 77.6 Å². The molecule has 4 N–H and O–H groups in total. The Labute approximate surface area is 369 Å². The molecule has 0 bridgehead atoms. The minimum atomic E-state index is -0.426. The number of carbonyl (C=O) groups is 4. The van der Waals surface area contributed by atoms with E-state index in [1.165, 1.54) is 103 Å². The molecule has 1 amide bonds. The van der Waals surface area contributed by atoms with Gasteiger partial charge in [-0.1, -0.05) is 163 Å². The predicted molar refractivity (Wildman–Crippen MR) is 250 cm³/mol. The first kappa shape index (κ1) is 59.3. The quantitative estimate of drug-likeness (QED) is 0.0310. The summed E-state index contributed by atoms with van der Waals surface area (Å²) in [6.45, 7) is 16.2. The third-order valence-electron chi connectivity index (χ3n) is 11.0. The molecule has 0 saturated carbocycles. The summed E-state index contributed by atoms with van der Waals surface area (Å²) in [4.78, 5) is 49.9. The van der Waals surface area contributed by atoms with Gasteiger partial charge in [0, 0.05) is 13.0 Å². The predicted octanol–water partition coefficient (Wildman–Crippen LogP) is 12.6. The van der Waals surface area contributed by atoms with Gasteiger partial charge in [-0.15, -0.1) is 0 Å². The summed E-state index contributed by atoms with van der Waals surface area (Å²) in [6.07, 6.45) is 33.8. The summed E-state index contributed by atoms with van der Waals surface area (Å²) in [5.74, 6) is -0.0777. The fourth-order valence-electron chi connectivity index (χ4n) is 7.16. The van der Waals surface area contributed by atoms with Crippen LogP contribution >= 0.6 is 0 Å². The van der Waals surface area contributed by atoms with Crippen LogP contribution in [0.4, 0.5) is 0 Å². The SMILES string of the molecule is C=C(N)NCC.CCCCCCCCC(CCCCCC)C(=O)OCCCCCCOC(=O)CNC(=O)CCCCCOC(=O)C(CCCCCC)CCCCCCCC. The Morgan fingerprint density at radius 2 is 0.783 bits per heavy atom. The van der Waals surface area contributed by atoms with Crippen LogP contribution in [0.5, 0.6) is 0 Å². The molecule has 0 heterocycles. The van der Waals surface area contributed by atoms with Crippen molar-refractivity contribution in [2.75, 3.05) is 32.9 Å². The zero-order valence-corrected chi connectivity index (χ0v) is 40.0. The zero-order chi connectivity index (χ0) is 44.7. The van der Waals surface area contributed by atoms with E-state index >= 15 is 0 Å². The third kappa shape index (κ3) is 43.3. The minimum absolute atomic E-state index is 0.0114. The summed E-state index contributed by atoms with van der Waals surface area (Å²) >= 11 is 0. The van der Waals surface area contributed by atoms with Crippen molar-refractivity contribution >= 4 is 23.8 Å². The molecule has 0 fully saturated rings. The lowest BCUT2D eigenvalue weighted by Crippen LogP contribution is -2.30. The molecule has 2 unspecified atom stereocenters. The standard InChI is InChI=1S/C46H87NO7.C4H10N2/c1-5-9-13-17-19-26-34-41(32-24-15-11-7-3)45(50)53-38-30-22-21-29-37-52-44(49)40-47-43(48)36-28-23-31-39-54-46(51)42(33-25-16-12-8-4)35-27-20-18-14-10-6-2;1-3-6-4(2)5/h41-42H,5-40H2,1-4H3,(H,47,48);6H,2-3,5H2,1H3. The highest BCUT2D eigenvalue weighted by molar-refractivity contribution is 5.81. The summed E-state index contributed by atoms with van der Waals surface area (Å²) in [7, 11) is 0. The topological polar surface area (TPSA) is 146 Å². The van der Waals surface area contributed by atoms with Crippen LogP contribution in [0.2, 0.25) is 0 Å². The highest BCUT2D eigenvalue weighted by atomic mass is 16.5. The van der Waals surface area contributed by atoms with E-state index in [1.54, 1.807) is 0 Å². The van der Waals surface area contributed by atoms with E-state index in [4.69, 9.17) is 19.9 Å². The van der Waals surface area contributed by atoms with Crippen molar-refractivity contribution < 1.29 is 33.4 Å². The van der Waals surface area contributed by atoms with E-state index in [1.807, 2.05) is 6.92 Å². The maximum Gasteiger partial charge on any atom is 0.325 e. The number of ether oxygens (including phenoxy) is 3. The number of rotatable bonds is 43. The number of nitrogens with two attached hydrogens (primary N) is 1. The summed E-state index contributed by atoms with van der Waals surface area (Å²) in [6, 6.07) is 0. The van der Waals surface area contributed by atoms with Gasteiger partial charge in [0.05, 0.1) is 37.5 Å². The fourth-order valence-corrected chi connectivity index (χ4v) is 7.16. The van der Waals surface area contributed by atoms with E-state index in [2.05, 4.69) is 44.9 Å². The molecule has 10 heteroatoms. The van der Waals surface area contributed by atoms with Crippen molar-refractivity contribution in [2.45, 2.75) is 240 Å². The Hall–Kier alpha value is -2.78. The molecule has 2 atom stereocenters. The van der Waals surface area contributed by atoms with Crippen molar-refractivity contribution in [1.29, 1.82) is 0 Å². The third-order valence-corrected chi connectivity index (χ3v) is 11.0. The second-order valence-electron chi connectivity index (χ2n) is 16.8. The van der Waals surface area contributed by atoms with Gasteiger partial charge in [0.1, 0.15) is 6.54 Å². The number of amides is 1. The first-order chi connectivity index (χ1) is 29.2. The Kier molecular flexibility index (Phi) is 46.7. The summed E-state index contributed by atoms with van der Waals surface area (Å²) in [5, 5.41) is 5.45. The van der Waals surface area contributed by atoms with Crippen molar-refractivity contribution in [1.82, 2.24) is 10.6 Å². The largest absolute Gasteiger partial charge is 0.465 e. The van der Waals surface area contributed by atoms with Crippen LogP contribution in [0.1, 0.15) is 240 Å². The molecule has 10 nitrogen and oxygen atoms in total. The lowest BCUT2D eigenvalue weighted by atomic mass is 9.94. The monoisotopic (exact) mass is 852 g/mol. The number of hydrogen-bond acceptors (Lipinski definition) is 9. The highest BCUT2D eigenvalue weighted by Gasteiger charge is 2.20. The first-order valence-electron chi connectivity index (χ1n) is 25.1. The molecule has 0 aliphatic rings. The molecule has 60 heavy (non-hydrogen) atoms. The molecular weight excluding hydrogens is 755 g/mol. The average molecular weight is 852 g/mol. The van der Waals surface area contributed by atoms with E-state index in [9.17, 15) is 19.2 Å². The molecule has 0 aromatic carbocycles. The Bertz CT molecular complexity index is 1010. The second kappa shape index (κ2) is 47.3. The Morgan fingerprint density at radius 1 is 0.450 bits per heavy atom. The van der Waals surface area contributed by atoms with Gasteiger partial charge in [0.2, 0.25) is 5.91 Å². The van der Waals surface area contributed by atoms with Crippen LogP contribution in [-0.4, -0.2) is 56.7 Å². The van der Waals surface area contributed by atoms with Gasteiger partial charge in [0.25, 0.3) is 0 Å². The van der Waals surface area contributed by atoms with Gasteiger partial charge in [-0.2, -0.15) is 0 Å². The lowest BCUT2D eigenvalue weighted by molar-refractivity contribution is -0.150. The molecule has 0 rings (SSSR count). The number of unbranched alkanes of at least 4 members (excludes halogenated alkanes) is 21. The van der Waals surface area contributed by atoms with Crippen LogP contribution in [0.15, 0.2) is 12.4 Å². The Morgan fingerprint density at radius 3 is 1.15 bits per heavy atom. The minimum Gasteiger partial charge on any atom is -0.465 e. The molecule has 0 spiro atoms. The molecule has 0 aromatic heterocycles. The van der Waals surface area contributed by atoms with E-state index in [0.29, 0.717) is 38.5 Å². The molecule has 0 radical (unpaired) electrons. The van der Waals surface area contributed by atoms with Crippen LogP contribution < -0.4 is 16.4 Å². The Balaban J connectivity index is 0. The van der Waals surface area contributed by atoms with Crippen LogP contribution in [0, 0.1) is 11.8 Å². The van der Waals surface area contributed by atoms with Gasteiger partial charge in [-0.25, -0.2) is 0 Å². The molecule has 354 valence electrons. The van der Waals surface area contributed by atoms with Crippen molar-refractivity contribution in [3.05, 3.63) is 12.4 Å². The molecule has 0 aliphatic carbocycles. The maximum atomic E-state index is 12.8. The normalized spacial score (nSPS) is 11.8. The van der Waals surface area contributed by atoms with Crippen LogP contribution in [0.25, 0.3) is 0 Å². The lowest BCUT2D eigenvalue weighted by Gasteiger charge is -2.16. The first-order valence-corrected chi connectivity index (χ1v) is 25.1. The van der Waals surface area contributed by atoms with E-state index < -0.39 is 5.97 Å². The summed E-state index contributed by atoms with van der Waals surface area (Å²) in [5.41, 5.74) is 5.10. The van der Waals surface area contributed by atoms with Crippen molar-refractivity contribution in [3.63, 3.8) is 0 Å². The van der Waals surface area contributed by atoms with Crippen LogP contribution in [0.3, 0.4) is 0 Å². The smallest absolute Gasteiger partial charge is 0.325 e. The van der Waals surface area contributed by atoms with Gasteiger partial charge in [-0.3, -0.25) is 19.2 Å². The van der Waals surface area contributed by atoms with Crippen molar-refractivity contribution in [2.24, 2.45) is 17.6 Å². The van der Waals surface area contributed by atoms with Gasteiger partial charge in [0.15, 0.2) is 0 Å². The van der Waals surface area contributed by atoms with Crippen molar-refractivity contribution in [3.8, 4) is 0 Å². The number of esters is 3. The fraction of sp³-hybridized carbons (Fsp3) is 0.880.